The van der Waals surface area contributed by atoms with Crippen LogP contribution in [-0.2, 0) is 7.05 Å². The van der Waals surface area contributed by atoms with E-state index in [0.717, 1.165) is 37.1 Å². The molecule has 0 atom stereocenters. The van der Waals surface area contributed by atoms with Crippen LogP contribution in [0.25, 0.3) is 5.69 Å². The van der Waals surface area contributed by atoms with Crippen LogP contribution in [0.15, 0.2) is 30.7 Å². The number of pyridine rings is 1. The first-order valence-electron chi connectivity index (χ1n) is 10.7. The maximum absolute atomic E-state index is 12.9. The van der Waals surface area contributed by atoms with Gasteiger partial charge in [-0.15, -0.1) is 5.10 Å². The molecule has 0 aromatic carbocycles. The Balaban J connectivity index is 1.34. The molecule has 1 aliphatic rings. The zero-order chi connectivity index (χ0) is 23.5. The topological polar surface area (TPSA) is 139 Å². The zero-order valence-corrected chi connectivity index (χ0v) is 18.8. The number of primary amides is 1. The number of carbonyl (C=O) groups is 2. The van der Waals surface area contributed by atoms with Crippen LogP contribution in [-0.4, -0.2) is 55.6 Å². The summed E-state index contributed by atoms with van der Waals surface area (Å²) in [5, 5.41) is 11.6. The molecule has 3 N–H and O–H groups in total. The minimum absolute atomic E-state index is 0.0297. The van der Waals surface area contributed by atoms with E-state index in [1.807, 2.05) is 13.0 Å². The van der Waals surface area contributed by atoms with Crippen LogP contribution in [0.5, 0.6) is 11.8 Å². The minimum atomic E-state index is -0.569. The lowest BCUT2D eigenvalue weighted by molar-refractivity contribution is 0.0880. The van der Waals surface area contributed by atoms with E-state index < -0.39 is 5.91 Å². The number of carbonyl (C=O) groups excluding carboxylic acids is 2. The van der Waals surface area contributed by atoms with Gasteiger partial charge in [-0.3, -0.25) is 14.3 Å². The van der Waals surface area contributed by atoms with E-state index in [1.54, 1.807) is 43.5 Å². The fraction of sp³-hybridized carbons (Fsp3) is 0.409. The fourth-order valence-electron chi connectivity index (χ4n) is 3.98. The van der Waals surface area contributed by atoms with Gasteiger partial charge in [0.15, 0.2) is 0 Å². The SMILES string of the molecule is COc1ccc(-n2ncc(C(=O)N[C@H]3CC[C@H](Oc4nn(C)cc4C(N)=O)CC3)c2C)cn1. The van der Waals surface area contributed by atoms with Gasteiger partial charge in [-0.2, -0.15) is 5.10 Å². The lowest BCUT2D eigenvalue weighted by Crippen LogP contribution is -2.40. The van der Waals surface area contributed by atoms with Crippen molar-refractivity contribution in [1.29, 1.82) is 0 Å². The number of rotatable bonds is 7. The summed E-state index contributed by atoms with van der Waals surface area (Å²) < 4.78 is 14.2. The standard InChI is InChI=1S/C22H27N7O4/c1-13-17(11-25-29(13)15-6-9-19(32-3)24-10-15)21(31)26-14-4-7-16(8-5-14)33-22-18(20(23)30)12-28(2)27-22/h6,9-12,14,16H,4-5,7-8H2,1-3H3,(H2,23,30)(H,26,31)/t14-,16-. The Labute approximate surface area is 190 Å². The molecule has 0 aliphatic heterocycles. The van der Waals surface area contributed by atoms with Crippen LogP contribution < -0.4 is 20.5 Å². The molecule has 2 amide bonds. The van der Waals surface area contributed by atoms with Gasteiger partial charge < -0.3 is 20.5 Å². The second kappa shape index (κ2) is 9.31. The zero-order valence-electron chi connectivity index (χ0n) is 18.8. The third kappa shape index (κ3) is 4.81. The number of nitrogens with zero attached hydrogens (tertiary/aromatic N) is 5. The molecule has 1 saturated carbocycles. The molecule has 174 valence electrons. The summed E-state index contributed by atoms with van der Waals surface area (Å²) in [5.74, 6) is 0.0364. The van der Waals surface area contributed by atoms with Crippen LogP contribution in [0.4, 0.5) is 0 Å². The first-order chi connectivity index (χ1) is 15.9. The van der Waals surface area contributed by atoms with Crippen molar-refractivity contribution in [3.05, 3.63) is 47.5 Å². The summed E-state index contributed by atoms with van der Waals surface area (Å²) in [6.45, 7) is 1.85. The maximum Gasteiger partial charge on any atom is 0.255 e. The fourth-order valence-corrected chi connectivity index (χ4v) is 3.98. The Bertz CT molecular complexity index is 1140. The molecule has 3 aromatic heterocycles. The first-order valence-corrected chi connectivity index (χ1v) is 10.7. The molecule has 0 radical (unpaired) electrons. The van der Waals surface area contributed by atoms with Crippen LogP contribution in [0.3, 0.4) is 0 Å². The van der Waals surface area contributed by atoms with Crippen molar-refractivity contribution in [1.82, 2.24) is 29.9 Å². The van der Waals surface area contributed by atoms with Crippen molar-refractivity contribution in [3.63, 3.8) is 0 Å². The Morgan fingerprint density at radius 1 is 1.15 bits per heavy atom. The van der Waals surface area contributed by atoms with E-state index in [4.69, 9.17) is 15.2 Å². The highest BCUT2D eigenvalue weighted by atomic mass is 16.5. The highest BCUT2D eigenvalue weighted by molar-refractivity contribution is 5.95. The molecule has 0 saturated heterocycles. The molecule has 0 spiro atoms. The second-order valence-corrected chi connectivity index (χ2v) is 8.07. The molecular formula is C22H27N7O4. The molecule has 3 heterocycles. The van der Waals surface area contributed by atoms with E-state index in [2.05, 4.69) is 20.5 Å². The van der Waals surface area contributed by atoms with Gasteiger partial charge in [0.2, 0.25) is 11.8 Å². The van der Waals surface area contributed by atoms with Gasteiger partial charge in [0.05, 0.1) is 36.4 Å². The summed E-state index contributed by atoms with van der Waals surface area (Å²) in [4.78, 5) is 28.6. The van der Waals surface area contributed by atoms with Gasteiger partial charge in [-0.25, -0.2) is 9.67 Å². The lowest BCUT2D eigenvalue weighted by atomic mass is 9.92. The van der Waals surface area contributed by atoms with Gasteiger partial charge >= 0.3 is 0 Å². The van der Waals surface area contributed by atoms with Crippen LogP contribution in [0.2, 0.25) is 0 Å². The molecular weight excluding hydrogens is 426 g/mol. The number of nitrogens with two attached hydrogens (primary N) is 1. The number of aromatic nitrogens is 5. The quantitative estimate of drug-likeness (QED) is 0.553. The highest BCUT2D eigenvalue weighted by Gasteiger charge is 2.27. The first kappa shape index (κ1) is 22.3. The summed E-state index contributed by atoms with van der Waals surface area (Å²) in [5.41, 5.74) is 7.65. The average molecular weight is 454 g/mol. The number of hydrogen-bond acceptors (Lipinski definition) is 7. The van der Waals surface area contributed by atoms with E-state index in [1.165, 1.54) is 4.68 Å². The number of nitrogens with one attached hydrogen (secondary N) is 1. The predicted octanol–water partition coefficient (Wildman–Crippen LogP) is 1.54. The van der Waals surface area contributed by atoms with Crippen LogP contribution in [0, 0.1) is 6.92 Å². The summed E-state index contributed by atoms with van der Waals surface area (Å²) in [6, 6.07) is 3.61. The van der Waals surface area contributed by atoms with Crippen molar-refractivity contribution in [2.75, 3.05) is 7.11 Å². The minimum Gasteiger partial charge on any atom is -0.481 e. The van der Waals surface area contributed by atoms with Gasteiger partial charge in [-0.1, -0.05) is 0 Å². The molecule has 0 unspecified atom stereocenters. The van der Waals surface area contributed by atoms with Crippen LogP contribution >= 0.6 is 0 Å². The molecule has 33 heavy (non-hydrogen) atoms. The van der Waals surface area contributed by atoms with E-state index in [0.29, 0.717) is 11.4 Å². The number of methoxy groups -OCH3 is 1. The van der Waals surface area contributed by atoms with E-state index in [-0.39, 0.29) is 29.5 Å². The van der Waals surface area contributed by atoms with Crippen molar-refractivity contribution in [3.8, 4) is 17.4 Å². The average Bonchev–Trinajstić information content (AvgIpc) is 3.37. The second-order valence-electron chi connectivity index (χ2n) is 8.07. The third-order valence-corrected chi connectivity index (χ3v) is 5.78. The van der Waals surface area contributed by atoms with E-state index in [9.17, 15) is 9.59 Å². The van der Waals surface area contributed by atoms with Gasteiger partial charge in [0, 0.05) is 25.4 Å². The highest BCUT2D eigenvalue weighted by Crippen LogP contribution is 2.25. The summed E-state index contributed by atoms with van der Waals surface area (Å²) in [6.07, 6.45) is 7.65. The monoisotopic (exact) mass is 453 g/mol. The Hall–Kier alpha value is -3.89. The van der Waals surface area contributed by atoms with Crippen molar-refractivity contribution in [2.45, 2.75) is 44.8 Å². The number of aryl methyl sites for hydroxylation is 1. The normalized spacial score (nSPS) is 18.0. The largest absolute Gasteiger partial charge is 0.481 e. The molecule has 11 heteroatoms. The molecule has 3 aromatic rings. The molecule has 1 fully saturated rings. The van der Waals surface area contributed by atoms with E-state index >= 15 is 0 Å². The van der Waals surface area contributed by atoms with Crippen LogP contribution in [0.1, 0.15) is 52.1 Å². The molecule has 11 nitrogen and oxygen atoms in total. The molecule has 0 bridgehead atoms. The summed E-state index contributed by atoms with van der Waals surface area (Å²) in [7, 11) is 3.26. The Morgan fingerprint density at radius 2 is 1.91 bits per heavy atom. The third-order valence-electron chi connectivity index (χ3n) is 5.78. The molecule has 1 aliphatic carbocycles. The van der Waals surface area contributed by atoms with Crippen molar-refractivity contribution >= 4 is 11.8 Å². The Morgan fingerprint density at radius 3 is 2.55 bits per heavy atom. The lowest BCUT2D eigenvalue weighted by Gasteiger charge is -2.29. The predicted molar refractivity (Wildman–Crippen MR) is 119 cm³/mol. The van der Waals surface area contributed by atoms with Gasteiger partial charge in [0.25, 0.3) is 11.8 Å². The van der Waals surface area contributed by atoms with Crippen molar-refractivity contribution in [2.24, 2.45) is 12.8 Å². The maximum atomic E-state index is 12.9. The number of amides is 2. The summed E-state index contributed by atoms with van der Waals surface area (Å²) >= 11 is 0. The Kier molecular flexibility index (Phi) is 6.29. The smallest absolute Gasteiger partial charge is 0.255 e. The van der Waals surface area contributed by atoms with Crippen molar-refractivity contribution < 1.29 is 19.1 Å². The number of hydrogen-bond donors (Lipinski definition) is 2. The van der Waals surface area contributed by atoms with Gasteiger partial charge in [0.1, 0.15) is 11.7 Å². The molecule has 4 rings (SSSR count). The van der Waals surface area contributed by atoms with Gasteiger partial charge in [-0.05, 0) is 38.7 Å². The number of ether oxygens (including phenoxy) is 2.